The van der Waals surface area contributed by atoms with E-state index in [1.54, 1.807) is 0 Å². The Morgan fingerprint density at radius 2 is 2.00 bits per heavy atom. The van der Waals surface area contributed by atoms with Gasteiger partial charge in [0.15, 0.2) is 0 Å². The lowest BCUT2D eigenvalue weighted by Crippen LogP contribution is -2.15. The lowest BCUT2D eigenvalue weighted by molar-refractivity contribution is 0.470. The summed E-state index contributed by atoms with van der Waals surface area (Å²) in [6.45, 7) is 4.15. The van der Waals surface area contributed by atoms with Gasteiger partial charge in [0.25, 0.3) is 0 Å². The molecule has 2 aromatic rings. The van der Waals surface area contributed by atoms with E-state index in [1.807, 2.05) is 6.92 Å². The zero-order valence-electron chi connectivity index (χ0n) is 13.1. The molecular formula is C19H26N2. The van der Waals surface area contributed by atoms with Crippen LogP contribution in [0, 0.1) is 12.8 Å². The Kier molecular flexibility index (Phi) is 4.87. The molecule has 1 aromatic carbocycles. The fourth-order valence-electron chi connectivity index (χ4n) is 3.43. The van der Waals surface area contributed by atoms with Gasteiger partial charge in [-0.2, -0.15) is 0 Å². The van der Waals surface area contributed by atoms with E-state index >= 15 is 0 Å². The SMILES string of the molecule is Cc1ccc2cc(CNCCCC3CCCC3)ccc2n1. The summed E-state index contributed by atoms with van der Waals surface area (Å²) in [5, 5.41) is 4.82. The van der Waals surface area contributed by atoms with Crippen molar-refractivity contribution < 1.29 is 0 Å². The molecule has 1 aromatic heterocycles. The zero-order chi connectivity index (χ0) is 14.5. The van der Waals surface area contributed by atoms with Crippen molar-refractivity contribution in [3.8, 4) is 0 Å². The summed E-state index contributed by atoms with van der Waals surface area (Å²) in [5.74, 6) is 1.02. The molecule has 1 N–H and O–H groups in total. The van der Waals surface area contributed by atoms with Crippen LogP contribution in [0.2, 0.25) is 0 Å². The molecule has 1 aliphatic carbocycles. The zero-order valence-corrected chi connectivity index (χ0v) is 13.1. The van der Waals surface area contributed by atoms with Crippen LogP contribution in [-0.2, 0) is 6.54 Å². The first-order valence-electron chi connectivity index (χ1n) is 8.38. The summed E-state index contributed by atoms with van der Waals surface area (Å²) in [4.78, 5) is 4.55. The van der Waals surface area contributed by atoms with E-state index in [2.05, 4.69) is 40.6 Å². The molecular weight excluding hydrogens is 256 g/mol. The molecule has 1 aliphatic rings. The van der Waals surface area contributed by atoms with Gasteiger partial charge in [0, 0.05) is 17.6 Å². The van der Waals surface area contributed by atoms with Crippen LogP contribution in [-0.4, -0.2) is 11.5 Å². The molecule has 0 radical (unpaired) electrons. The fraction of sp³-hybridized carbons (Fsp3) is 0.526. The molecule has 21 heavy (non-hydrogen) atoms. The summed E-state index contributed by atoms with van der Waals surface area (Å²) in [6, 6.07) is 10.8. The highest BCUT2D eigenvalue weighted by molar-refractivity contribution is 5.79. The minimum atomic E-state index is 0.967. The maximum atomic E-state index is 4.55. The Balaban J connectivity index is 1.45. The molecule has 1 saturated carbocycles. The smallest absolute Gasteiger partial charge is 0.0705 e. The summed E-state index contributed by atoms with van der Waals surface area (Å²) < 4.78 is 0. The van der Waals surface area contributed by atoms with Gasteiger partial charge in [0.2, 0.25) is 0 Å². The largest absolute Gasteiger partial charge is 0.313 e. The third-order valence-electron chi connectivity index (χ3n) is 4.66. The van der Waals surface area contributed by atoms with Gasteiger partial charge in [-0.15, -0.1) is 0 Å². The molecule has 3 rings (SSSR count). The van der Waals surface area contributed by atoms with Crippen LogP contribution >= 0.6 is 0 Å². The number of hydrogen-bond donors (Lipinski definition) is 1. The Hall–Kier alpha value is -1.41. The van der Waals surface area contributed by atoms with Crippen molar-refractivity contribution in [1.29, 1.82) is 0 Å². The van der Waals surface area contributed by atoms with Gasteiger partial charge in [0.05, 0.1) is 5.52 Å². The number of rotatable bonds is 6. The minimum absolute atomic E-state index is 0.967. The number of nitrogens with one attached hydrogen (secondary N) is 1. The molecule has 1 heterocycles. The van der Waals surface area contributed by atoms with Gasteiger partial charge in [0.1, 0.15) is 0 Å². The van der Waals surface area contributed by atoms with Crippen LogP contribution in [0.1, 0.15) is 49.8 Å². The summed E-state index contributed by atoms with van der Waals surface area (Å²) in [5.41, 5.74) is 3.54. The Bertz CT molecular complexity index is 585. The van der Waals surface area contributed by atoms with Crippen molar-refractivity contribution in [2.75, 3.05) is 6.54 Å². The van der Waals surface area contributed by atoms with Crippen molar-refractivity contribution in [2.24, 2.45) is 5.92 Å². The average Bonchev–Trinajstić information content (AvgIpc) is 3.00. The first kappa shape index (κ1) is 14.5. The molecule has 1 fully saturated rings. The minimum Gasteiger partial charge on any atom is -0.313 e. The van der Waals surface area contributed by atoms with Crippen molar-refractivity contribution in [2.45, 2.75) is 52.0 Å². The maximum absolute atomic E-state index is 4.55. The molecule has 0 bridgehead atoms. The van der Waals surface area contributed by atoms with Gasteiger partial charge >= 0.3 is 0 Å². The predicted octanol–water partition coefficient (Wildman–Crippen LogP) is 4.60. The van der Waals surface area contributed by atoms with Crippen molar-refractivity contribution in [3.63, 3.8) is 0 Å². The number of hydrogen-bond acceptors (Lipinski definition) is 2. The van der Waals surface area contributed by atoms with E-state index in [9.17, 15) is 0 Å². The van der Waals surface area contributed by atoms with E-state index in [-0.39, 0.29) is 0 Å². The van der Waals surface area contributed by atoms with E-state index < -0.39 is 0 Å². The lowest BCUT2D eigenvalue weighted by atomic mass is 10.0. The van der Waals surface area contributed by atoms with Gasteiger partial charge in [-0.25, -0.2) is 0 Å². The second kappa shape index (κ2) is 7.04. The van der Waals surface area contributed by atoms with Crippen LogP contribution in [0.3, 0.4) is 0 Å². The van der Waals surface area contributed by atoms with Crippen LogP contribution in [0.5, 0.6) is 0 Å². The van der Waals surface area contributed by atoms with E-state index in [0.29, 0.717) is 0 Å². The van der Waals surface area contributed by atoms with Gasteiger partial charge in [-0.3, -0.25) is 4.98 Å². The summed E-state index contributed by atoms with van der Waals surface area (Å²) in [6.07, 6.45) is 8.59. The van der Waals surface area contributed by atoms with Crippen molar-refractivity contribution in [1.82, 2.24) is 10.3 Å². The third-order valence-corrected chi connectivity index (χ3v) is 4.66. The van der Waals surface area contributed by atoms with E-state index in [0.717, 1.165) is 30.2 Å². The maximum Gasteiger partial charge on any atom is 0.0705 e. The highest BCUT2D eigenvalue weighted by atomic mass is 14.8. The molecule has 112 valence electrons. The Labute approximate surface area is 128 Å². The molecule has 0 amide bonds. The Morgan fingerprint density at radius 3 is 2.86 bits per heavy atom. The van der Waals surface area contributed by atoms with Gasteiger partial charge < -0.3 is 5.32 Å². The number of nitrogens with zero attached hydrogens (tertiary/aromatic N) is 1. The Morgan fingerprint density at radius 1 is 1.14 bits per heavy atom. The second-order valence-electron chi connectivity index (χ2n) is 6.45. The average molecular weight is 282 g/mol. The van der Waals surface area contributed by atoms with Crippen molar-refractivity contribution in [3.05, 3.63) is 41.6 Å². The first-order valence-corrected chi connectivity index (χ1v) is 8.38. The van der Waals surface area contributed by atoms with E-state index in [4.69, 9.17) is 0 Å². The molecule has 2 nitrogen and oxygen atoms in total. The number of aryl methyl sites for hydroxylation is 1. The van der Waals surface area contributed by atoms with Crippen LogP contribution in [0.25, 0.3) is 10.9 Å². The van der Waals surface area contributed by atoms with Crippen LogP contribution < -0.4 is 5.32 Å². The van der Waals surface area contributed by atoms with Crippen LogP contribution in [0.15, 0.2) is 30.3 Å². The quantitative estimate of drug-likeness (QED) is 0.783. The number of pyridine rings is 1. The number of fused-ring (bicyclic) bond motifs is 1. The molecule has 0 saturated heterocycles. The third kappa shape index (κ3) is 4.04. The highest BCUT2D eigenvalue weighted by Crippen LogP contribution is 2.28. The molecule has 0 aliphatic heterocycles. The predicted molar refractivity (Wildman–Crippen MR) is 89.4 cm³/mol. The summed E-state index contributed by atoms with van der Waals surface area (Å²) in [7, 11) is 0. The van der Waals surface area contributed by atoms with Gasteiger partial charge in [-0.1, -0.05) is 37.8 Å². The van der Waals surface area contributed by atoms with E-state index in [1.165, 1.54) is 49.5 Å². The number of aromatic nitrogens is 1. The molecule has 0 spiro atoms. The van der Waals surface area contributed by atoms with Gasteiger partial charge in [-0.05, 0) is 56.0 Å². The lowest BCUT2D eigenvalue weighted by Gasteiger charge is -2.09. The van der Waals surface area contributed by atoms with Crippen molar-refractivity contribution >= 4 is 10.9 Å². The standard InChI is InChI=1S/C19H26N2/c1-15-8-10-18-13-17(9-11-19(18)21-15)14-20-12-4-7-16-5-2-3-6-16/h8-11,13,16,20H,2-7,12,14H2,1H3. The molecule has 0 atom stereocenters. The topological polar surface area (TPSA) is 24.9 Å². The van der Waals surface area contributed by atoms with Crippen LogP contribution in [0.4, 0.5) is 0 Å². The highest BCUT2D eigenvalue weighted by Gasteiger charge is 2.13. The second-order valence-corrected chi connectivity index (χ2v) is 6.45. The molecule has 2 heteroatoms. The molecule has 0 unspecified atom stereocenters. The number of benzene rings is 1. The normalized spacial score (nSPS) is 15.9. The first-order chi connectivity index (χ1) is 10.3. The summed E-state index contributed by atoms with van der Waals surface area (Å²) >= 11 is 0. The fourth-order valence-corrected chi connectivity index (χ4v) is 3.43. The monoisotopic (exact) mass is 282 g/mol.